The molecule has 26 heavy (non-hydrogen) atoms. The molecule has 2 N–H and O–H groups in total. The third-order valence-corrected chi connectivity index (χ3v) is 5.93. The van der Waals surface area contributed by atoms with Crippen molar-refractivity contribution < 1.29 is 4.79 Å². The van der Waals surface area contributed by atoms with Crippen LogP contribution in [0.1, 0.15) is 41.2 Å². The van der Waals surface area contributed by atoms with Gasteiger partial charge in [0.25, 0.3) is 5.56 Å². The molecule has 2 heterocycles. The number of fused-ring (bicyclic) bond motifs is 1. The predicted octanol–water partition coefficient (Wildman–Crippen LogP) is 3.80. The van der Waals surface area contributed by atoms with E-state index in [1.165, 1.54) is 27.0 Å². The SMILES string of the molecule is CCC(C(N)=O)n1c(C)nc2sc(C)c(-c3ccc(C)c(C)c3)c2c1=O. The molecule has 1 unspecified atom stereocenters. The Bertz CT molecular complexity index is 1080. The Morgan fingerprint density at radius 3 is 2.50 bits per heavy atom. The van der Waals surface area contributed by atoms with Crippen molar-refractivity contribution in [1.29, 1.82) is 0 Å². The molecule has 0 aliphatic heterocycles. The van der Waals surface area contributed by atoms with Gasteiger partial charge in [-0.3, -0.25) is 14.2 Å². The first-order valence-corrected chi connectivity index (χ1v) is 9.47. The van der Waals surface area contributed by atoms with Crippen molar-refractivity contribution in [1.82, 2.24) is 9.55 Å². The first-order chi connectivity index (χ1) is 12.3. The van der Waals surface area contributed by atoms with Gasteiger partial charge in [0.15, 0.2) is 0 Å². The van der Waals surface area contributed by atoms with Crippen molar-refractivity contribution in [3.05, 3.63) is 50.4 Å². The molecular formula is C20H23N3O2S. The van der Waals surface area contributed by atoms with E-state index < -0.39 is 11.9 Å². The Morgan fingerprint density at radius 2 is 1.92 bits per heavy atom. The number of thiophene rings is 1. The van der Waals surface area contributed by atoms with E-state index in [1.54, 1.807) is 6.92 Å². The highest BCUT2D eigenvalue weighted by Gasteiger charge is 2.24. The largest absolute Gasteiger partial charge is 0.368 e. The number of hydrogen-bond acceptors (Lipinski definition) is 4. The predicted molar refractivity (Wildman–Crippen MR) is 107 cm³/mol. The summed E-state index contributed by atoms with van der Waals surface area (Å²) in [4.78, 5) is 31.5. The Balaban J connectivity index is 2.39. The molecule has 6 heteroatoms. The van der Waals surface area contributed by atoms with Gasteiger partial charge in [-0.15, -0.1) is 11.3 Å². The Morgan fingerprint density at radius 1 is 1.23 bits per heavy atom. The van der Waals surface area contributed by atoms with Gasteiger partial charge in [0.05, 0.1) is 5.39 Å². The van der Waals surface area contributed by atoms with E-state index in [0.717, 1.165) is 16.0 Å². The molecule has 1 amide bonds. The second kappa shape index (κ2) is 6.68. The van der Waals surface area contributed by atoms with Crippen LogP contribution in [-0.2, 0) is 4.79 Å². The van der Waals surface area contributed by atoms with Crippen molar-refractivity contribution in [3.63, 3.8) is 0 Å². The van der Waals surface area contributed by atoms with Crippen LogP contribution in [0.3, 0.4) is 0 Å². The molecule has 136 valence electrons. The zero-order chi connectivity index (χ0) is 19.2. The molecule has 0 saturated heterocycles. The second-order valence-electron chi connectivity index (χ2n) is 6.67. The van der Waals surface area contributed by atoms with Crippen molar-refractivity contribution in [3.8, 4) is 11.1 Å². The number of hydrogen-bond donors (Lipinski definition) is 1. The van der Waals surface area contributed by atoms with Gasteiger partial charge in [0.1, 0.15) is 16.7 Å². The second-order valence-corrected chi connectivity index (χ2v) is 7.88. The van der Waals surface area contributed by atoms with Crippen LogP contribution in [0.25, 0.3) is 21.3 Å². The molecule has 0 radical (unpaired) electrons. The number of amides is 1. The number of benzene rings is 1. The van der Waals surface area contributed by atoms with E-state index in [0.29, 0.717) is 22.5 Å². The van der Waals surface area contributed by atoms with Crippen LogP contribution in [0.5, 0.6) is 0 Å². The van der Waals surface area contributed by atoms with E-state index in [-0.39, 0.29) is 5.56 Å². The summed E-state index contributed by atoms with van der Waals surface area (Å²) in [5.74, 6) is -0.000399. The number of primary amides is 1. The number of carbonyl (C=O) groups is 1. The summed E-state index contributed by atoms with van der Waals surface area (Å²) in [6, 6.07) is 5.50. The minimum Gasteiger partial charge on any atom is -0.368 e. The number of rotatable bonds is 4. The highest BCUT2D eigenvalue weighted by molar-refractivity contribution is 7.19. The summed E-state index contributed by atoms with van der Waals surface area (Å²) in [6.45, 7) is 9.71. The van der Waals surface area contributed by atoms with Crippen LogP contribution in [-0.4, -0.2) is 15.5 Å². The summed E-state index contributed by atoms with van der Waals surface area (Å²) in [5.41, 5.74) is 9.61. The van der Waals surface area contributed by atoms with Crippen LogP contribution in [0.2, 0.25) is 0 Å². The van der Waals surface area contributed by atoms with Crippen molar-refractivity contribution >= 4 is 27.5 Å². The highest BCUT2D eigenvalue weighted by Crippen LogP contribution is 2.36. The van der Waals surface area contributed by atoms with Crippen LogP contribution in [0, 0.1) is 27.7 Å². The summed E-state index contributed by atoms with van der Waals surface area (Å²) >= 11 is 1.51. The fourth-order valence-corrected chi connectivity index (χ4v) is 4.48. The minimum absolute atomic E-state index is 0.198. The normalized spacial score (nSPS) is 12.5. The monoisotopic (exact) mass is 369 g/mol. The van der Waals surface area contributed by atoms with Crippen molar-refractivity contribution in [2.45, 2.75) is 47.1 Å². The molecular weight excluding hydrogens is 346 g/mol. The first kappa shape index (κ1) is 18.3. The number of aryl methyl sites for hydroxylation is 4. The summed E-state index contributed by atoms with van der Waals surface area (Å²) < 4.78 is 1.45. The first-order valence-electron chi connectivity index (χ1n) is 8.65. The number of carbonyl (C=O) groups excluding carboxylic acids is 1. The van der Waals surface area contributed by atoms with Gasteiger partial charge in [0, 0.05) is 10.4 Å². The maximum Gasteiger partial charge on any atom is 0.263 e. The minimum atomic E-state index is -0.688. The summed E-state index contributed by atoms with van der Waals surface area (Å²) in [6.07, 6.45) is 0.450. The molecule has 0 saturated carbocycles. The Hall–Kier alpha value is -2.47. The molecule has 0 spiro atoms. The average molecular weight is 369 g/mol. The highest BCUT2D eigenvalue weighted by atomic mass is 32.1. The molecule has 1 atom stereocenters. The van der Waals surface area contributed by atoms with Gasteiger partial charge in [-0.2, -0.15) is 0 Å². The van der Waals surface area contributed by atoms with Crippen LogP contribution < -0.4 is 11.3 Å². The summed E-state index contributed by atoms with van der Waals surface area (Å²) in [5, 5.41) is 0.570. The Labute approximate surface area is 156 Å². The van der Waals surface area contributed by atoms with E-state index >= 15 is 0 Å². The van der Waals surface area contributed by atoms with E-state index in [1.807, 2.05) is 19.9 Å². The average Bonchev–Trinajstić information content (AvgIpc) is 2.89. The lowest BCUT2D eigenvalue weighted by Crippen LogP contribution is -2.35. The van der Waals surface area contributed by atoms with Crippen LogP contribution in [0.4, 0.5) is 0 Å². The van der Waals surface area contributed by atoms with E-state index in [2.05, 4.69) is 31.0 Å². The van der Waals surface area contributed by atoms with Gasteiger partial charge in [0.2, 0.25) is 5.91 Å². The van der Waals surface area contributed by atoms with E-state index in [9.17, 15) is 9.59 Å². The molecule has 3 aromatic rings. The fourth-order valence-electron chi connectivity index (χ4n) is 3.40. The van der Waals surface area contributed by atoms with E-state index in [4.69, 9.17) is 5.73 Å². The Kier molecular flexibility index (Phi) is 4.71. The van der Waals surface area contributed by atoms with Gasteiger partial charge in [-0.1, -0.05) is 25.1 Å². The zero-order valence-electron chi connectivity index (χ0n) is 15.7. The smallest absolute Gasteiger partial charge is 0.263 e. The molecule has 0 fully saturated rings. The van der Waals surface area contributed by atoms with Crippen LogP contribution in [0.15, 0.2) is 23.0 Å². The topological polar surface area (TPSA) is 78.0 Å². The molecule has 0 bridgehead atoms. The lowest BCUT2D eigenvalue weighted by molar-refractivity contribution is -0.121. The number of aromatic nitrogens is 2. The zero-order valence-corrected chi connectivity index (χ0v) is 16.5. The van der Waals surface area contributed by atoms with Gasteiger partial charge < -0.3 is 5.73 Å². The molecule has 1 aromatic carbocycles. The summed E-state index contributed by atoms with van der Waals surface area (Å²) in [7, 11) is 0. The van der Waals surface area contributed by atoms with Crippen molar-refractivity contribution in [2.24, 2.45) is 5.73 Å². The number of nitrogens with zero attached hydrogens (tertiary/aromatic N) is 2. The van der Waals surface area contributed by atoms with Gasteiger partial charge in [-0.05, 0) is 50.8 Å². The van der Waals surface area contributed by atoms with Crippen molar-refractivity contribution in [2.75, 3.05) is 0 Å². The molecule has 0 aliphatic rings. The molecule has 2 aromatic heterocycles. The maximum atomic E-state index is 13.3. The molecule has 5 nitrogen and oxygen atoms in total. The standard InChI is InChI=1S/C20H23N3O2S/c1-6-15(18(21)24)23-13(5)22-19-17(20(23)25)16(12(4)26-19)14-8-7-10(2)11(3)9-14/h7-9,15H,6H2,1-5H3,(H2,21,24). The molecule has 3 rings (SSSR count). The quantitative estimate of drug-likeness (QED) is 0.760. The molecule has 0 aliphatic carbocycles. The lowest BCUT2D eigenvalue weighted by atomic mass is 9.99. The lowest BCUT2D eigenvalue weighted by Gasteiger charge is -2.17. The van der Waals surface area contributed by atoms with Gasteiger partial charge >= 0.3 is 0 Å². The number of nitrogens with two attached hydrogens (primary N) is 1. The maximum absolute atomic E-state index is 13.3. The third-order valence-electron chi connectivity index (χ3n) is 4.93. The fraction of sp³-hybridized carbons (Fsp3) is 0.350. The third kappa shape index (κ3) is 2.84. The van der Waals surface area contributed by atoms with Gasteiger partial charge in [-0.25, -0.2) is 4.98 Å². The van der Waals surface area contributed by atoms with Crippen LogP contribution >= 0.6 is 11.3 Å².